The van der Waals surface area contributed by atoms with Crippen LogP contribution in [0.2, 0.25) is 51.4 Å². The van der Waals surface area contributed by atoms with Gasteiger partial charge in [-0.2, -0.15) is 9.61 Å². The summed E-state index contributed by atoms with van der Waals surface area (Å²) in [6.45, 7) is 18.6. The number of hydrogen-bond donors (Lipinski definition) is 0. The van der Waals surface area contributed by atoms with Crippen LogP contribution >= 0.6 is 22.6 Å². The van der Waals surface area contributed by atoms with E-state index in [1.54, 1.807) is 6.07 Å². The summed E-state index contributed by atoms with van der Waals surface area (Å²) in [5.74, 6) is 2.80. The van der Waals surface area contributed by atoms with Crippen molar-refractivity contribution in [2.24, 2.45) is 11.8 Å². The molecular formula is C34H52FIN4O2Si2. The van der Waals surface area contributed by atoms with Crippen LogP contribution in [0.4, 0.5) is 10.2 Å². The van der Waals surface area contributed by atoms with E-state index in [4.69, 9.17) is 19.6 Å². The zero-order valence-corrected chi connectivity index (χ0v) is 32.0. The highest BCUT2D eigenvalue weighted by atomic mass is 127. The first-order valence-corrected chi connectivity index (χ1v) is 25.1. The number of aromatic nitrogens is 3. The standard InChI is InChI=1S/C34H52FIN4O2Si2/c1-8-26-11-12-27(20-30(26)35)29-21-37-40-33(29)38-32(28-18-24-9-10-25(17-24)19-28)31(36)34(40)39(22-41-13-15-43(2,3)4)23-42-14-16-44(5,6)7/h11-12,20-21,24-25,28H,8-10,13-19,22-23H2,1-7H3/t24-,25+,28?. The van der Waals surface area contributed by atoms with E-state index in [2.05, 4.69) is 66.8 Å². The molecule has 3 atom stereocenters. The molecule has 0 spiro atoms. The number of fused-ring (bicyclic) bond motifs is 3. The molecule has 2 aromatic heterocycles. The highest BCUT2D eigenvalue weighted by Gasteiger charge is 2.37. The maximum atomic E-state index is 15.0. The number of hydrogen-bond acceptors (Lipinski definition) is 5. The smallest absolute Gasteiger partial charge is 0.165 e. The molecule has 2 aliphatic rings. The van der Waals surface area contributed by atoms with E-state index < -0.39 is 16.1 Å². The van der Waals surface area contributed by atoms with Crippen molar-refractivity contribution >= 4 is 50.2 Å². The largest absolute Gasteiger partial charge is 0.361 e. The average Bonchev–Trinajstić information content (AvgIpc) is 3.52. The number of nitrogens with zero attached hydrogens (tertiary/aromatic N) is 4. The van der Waals surface area contributed by atoms with Gasteiger partial charge in [0.25, 0.3) is 0 Å². The predicted octanol–water partition coefficient (Wildman–Crippen LogP) is 9.43. The first kappa shape index (κ1) is 34.0. The molecule has 0 N–H and O–H groups in total. The summed E-state index contributed by atoms with van der Waals surface area (Å²) in [6, 6.07) is 7.78. The van der Waals surface area contributed by atoms with E-state index in [0.29, 0.717) is 25.8 Å². The van der Waals surface area contributed by atoms with Crippen molar-refractivity contribution in [1.82, 2.24) is 14.6 Å². The van der Waals surface area contributed by atoms with E-state index in [1.807, 2.05) is 29.8 Å². The lowest BCUT2D eigenvalue weighted by atomic mass is 9.79. The maximum Gasteiger partial charge on any atom is 0.165 e. The molecule has 10 heteroatoms. The fourth-order valence-corrected chi connectivity index (χ4v) is 9.36. The van der Waals surface area contributed by atoms with Crippen LogP contribution < -0.4 is 4.90 Å². The molecular weight excluding hydrogens is 698 g/mol. The van der Waals surface area contributed by atoms with E-state index in [9.17, 15) is 0 Å². The van der Waals surface area contributed by atoms with Crippen molar-refractivity contribution in [3.05, 3.63) is 45.0 Å². The van der Waals surface area contributed by atoms with E-state index in [-0.39, 0.29) is 5.82 Å². The van der Waals surface area contributed by atoms with E-state index in [0.717, 1.165) is 74.6 Å². The number of ether oxygens (including phenoxy) is 2. The van der Waals surface area contributed by atoms with Crippen LogP contribution in [0.5, 0.6) is 0 Å². The molecule has 5 rings (SSSR count). The lowest BCUT2D eigenvalue weighted by Gasteiger charge is -2.31. The molecule has 2 bridgehead atoms. The van der Waals surface area contributed by atoms with Crippen LogP contribution in [0.25, 0.3) is 16.8 Å². The fraction of sp³-hybridized carbons (Fsp3) is 0.647. The van der Waals surface area contributed by atoms with Crippen LogP contribution in [0.15, 0.2) is 24.4 Å². The Kier molecular flexibility index (Phi) is 11.0. The van der Waals surface area contributed by atoms with Gasteiger partial charge in [-0.25, -0.2) is 9.37 Å². The number of anilines is 1. The number of benzene rings is 1. The van der Waals surface area contributed by atoms with Crippen molar-refractivity contribution in [1.29, 1.82) is 0 Å². The molecule has 2 aliphatic carbocycles. The summed E-state index contributed by atoms with van der Waals surface area (Å²) in [5, 5.41) is 4.90. The van der Waals surface area contributed by atoms with Crippen LogP contribution in [0, 0.1) is 21.2 Å². The molecule has 0 amide bonds. The molecule has 0 saturated heterocycles. The predicted molar refractivity (Wildman–Crippen MR) is 194 cm³/mol. The second-order valence-electron chi connectivity index (χ2n) is 15.5. The fourth-order valence-electron chi connectivity index (χ4n) is 6.72. The summed E-state index contributed by atoms with van der Waals surface area (Å²) in [7, 11) is -2.46. The Bertz CT molecular complexity index is 1400. The molecule has 242 valence electrons. The van der Waals surface area contributed by atoms with Gasteiger partial charge in [-0.15, -0.1) is 0 Å². The van der Waals surface area contributed by atoms with Crippen molar-refractivity contribution in [3.8, 4) is 11.1 Å². The Morgan fingerprint density at radius 3 is 2.11 bits per heavy atom. The maximum absolute atomic E-state index is 15.0. The molecule has 2 saturated carbocycles. The van der Waals surface area contributed by atoms with Crippen LogP contribution in [0.3, 0.4) is 0 Å². The third-order valence-corrected chi connectivity index (χ3v) is 13.8. The first-order valence-electron chi connectivity index (χ1n) is 16.6. The SMILES string of the molecule is CCc1ccc(-c2cnn3c(N(COCC[Si](C)(C)C)COCC[Si](C)(C)C)c(I)c(C4C[C@H]5CC[C@@H](C4)C5)nc23)cc1F. The van der Waals surface area contributed by atoms with Gasteiger partial charge < -0.3 is 14.4 Å². The molecule has 1 aromatic carbocycles. The molecule has 3 aromatic rings. The third kappa shape index (κ3) is 8.32. The summed E-state index contributed by atoms with van der Waals surface area (Å²) in [4.78, 5) is 7.59. The monoisotopic (exact) mass is 750 g/mol. The highest BCUT2D eigenvalue weighted by molar-refractivity contribution is 14.1. The van der Waals surface area contributed by atoms with Gasteiger partial charge in [-0.05, 0) is 89.4 Å². The topological polar surface area (TPSA) is 51.9 Å². The Morgan fingerprint density at radius 1 is 0.955 bits per heavy atom. The summed E-state index contributed by atoms with van der Waals surface area (Å²) in [6.07, 6.45) is 8.96. The number of aryl methyl sites for hydroxylation is 1. The van der Waals surface area contributed by atoms with Crippen molar-refractivity contribution in [2.75, 3.05) is 31.6 Å². The highest BCUT2D eigenvalue weighted by Crippen LogP contribution is 2.49. The van der Waals surface area contributed by atoms with Crippen LogP contribution in [0.1, 0.15) is 56.2 Å². The quantitative estimate of drug-likeness (QED) is 0.0712. The van der Waals surface area contributed by atoms with Crippen molar-refractivity contribution < 1.29 is 13.9 Å². The van der Waals surface area contributed by atoms with Crippen molar-refractivity contribution in [2.45, 2.75) is 103 Å². The normalized spacial score (nSPS) is 20.5. The zero-order valence-electron chi connectivity index (χ0n) is 27.9. The third-order valence-electron chi connectivity index (χ3n) is 9.40. The van der Waals surface area contributed by atoms with Gasteiger partial charge in [0.05, 0.1) is 15.5 Å². The van der Waals surface area contributed by atoms with E-state index in [1.165, 1.54) is 32.1 Å². The zero-order chi connectivity index (χ0) is 31.6. The molecule has 6 nitrogen and oxygen atoms in total. The van der Waals surface area contributed by atoms with Gasteiger partial charge in [-0.3, -0.25) is 0 Å². The van der Waals surface area contributed by atoms with Gasteiger partial charge in [0, 0.05) is 40.8 Å². The van der Waals surface area contributed by atoms with E-state index >= 15 is 4.39 Å². The second kappa shape index (κ2) is 14.2. The van der Waals surface area contributed by atoms with Crippen LogP contribution in [-0.4, -0.2) is 57.4 Å². The minimum Gasteiger partial charge on any atom is -0.361 e. The molecule has 1 unspecified atom stereocenters. The summed E-state index contributed by atoms with van der Waals surface area (Å²) < 4.78 is 30.8. The summed E-state index contributed by atoms with van der Waals surface area (Å²) >= 11 is 2.51. The minimum absolute atomic E-state index is 0.174. The average molecular weight is 751 g/mol. The second-order valence-corrected chi connectivity index (χ2v) is 27.9. The van der Waals surface area contributed by atoms with Crippen molar-refractivity contribution in [3.63, 3.8) is 0 Å². The van der Waals surface area contributed by atoms with Gasteiger partial charge in [0.15, 0.2) is 11.5 Å². The summed E-state index contributed by atoms with van der Waals surface area (Å²) in [5.41, 5.74) is 4.35. The van der Waals surface area contributed by atoms with Gasteiger partial charge in [0.1, 0.15) is 19.3 Å². The first-order chi connectivity index (χ1) is 20.8. The molecule has 2 fully saturated rings. The lowest BCUT2D eigenvalue weighted by Crippen LogP contribution is -2.34. The Labute approximate surface area is 279 Å². The number of halogens is 2. The Balaban J connectivity index is 1.57. The molecule has 2 heterocycles. The molecule has 44 heavy (non-hydrogen) atoms. The van der Waals surface area contributed by atoms with Crippen LogP contribution in [-0.2, 0) is 15.9 Å². The van der Waals surface area contributed by atoms with Gasteiger partial charge >= 0.3 is 0 Å². The molecule has 0 aliphatic heterocycles. The van der Waals surface area contributed by atoms with Gasteiger partial charge in [0.2, 0.25) is 0 Å². The minimum atomic E-state index is -1.23. The molecule has 0 radical (unpaired) electrons. The Hall–Kier alpha value is -1.35. The lowest BCUT2D eigenvalue weighted by molar-refractivity contribution is 0.0940. The van der Waals surface area contributed by atoms with Gasteiger partial charge in [-0.1, -0.05) is 71.2 Å². The number of rotatable bonds is 14. The Morgan fingerprint density at radius 2 is 1.57 bits per heavy atom.